The number of nitriles is 1. The van der Waals surface area contributed by atoms with Crippen LogP contribution in [0.15, 0.2) is 88.9 Å². The summed E-state index contributed by atoms with van der Waals surface area (Å²) in [5.74, 6) is 0.246. The van der Waals surface area contributed by atoms with Crippen molar-refractivity contribution in [2.75, 3.05) is 5.32 Å². The normalized spacial score (nSPS) is 11.2. The lowest BCUT2D eigenvalue weighted by atomic mass is 10.1. The van der Waals surface area contributed by atoms with E-state index in [0.717, 1.165) is 37.8 Å². The van der Waals surface area contributed by atoms with Gasteiger partial charge in [-0.3, -0.25) is 4.79 Å². The molecule has 0 atom stereocenters. The van der Waals surface area contributed by atoms with Crippen LogP contribution in [0.2, 0.25) is 0 Å². The number of carbonyl (C=O) groups excluding carboxylic acids is 1. The Morgan fingerprint density at radius 1 is 1.00 bits per heavy atom. The molecular weight excluding hydrogens is 488 g/mol. The molecule has 168 valence electrons. The van der Waals surface area contributed by atoms with Crippen molar-refractivity contribution in [1.82, 2.24) is 0 Å². The molecule has 1 amide bonds. The number of fused-ring (bicyclic) bond motifs is 1. The molecule has 0 aliphatic carbocycles. The van der Waals surface area contributed by atoms with Gasteiger partial charge in [-0.05, 0) is 81.0 Å². The number of aryl methyl sites for hydroxylation is 2. The van der Waals surface area contributed by atoms with E-state index in [1.807, 2.05) is 74.5 Å². The van der Waals surface area contributed by atoms with Crippen molar-refractivity contribution in [2.24, 2.45) is 0 Å². The van der Waals surface area contributed by atoms with Crippen LogP contribution in [0.4, 0.5) is 5.69 Å². The Morgan fingerprint density at radius 2 is 1.71 bits per heavy atom. The van der Waals surface area contributed by atoms with Gasteiger partial charge in [0.25, 0.3) is 5.91 Å². The number of amides is 1. The van der Waals surface area contributed by atoms with Crippen LogP contribution in [0.5, 0.6) is 5.75 Å². The van der Waals surface area contributed by atoms with E-state index in [4.69, 9.17) is 4.74 Å². The van der Waals surface area contributed by atoms with Crippen molar-refractivity contribution in [1.29, 1.82) is 5.26 Å². The molecule has 0 saturated heterocycles. The number of hydrogen-bond acceptors (Lipinski definition) is 3. The second kappa shape index (κ2) is 10.4. The molecule has 0 spiro atoms. The molecule has 0 radical (unpaired) electrons. The Hall–Kier alpha value is -3.88. The van der Waals surface area contributed by atoms with Gasteiger partial charge in [0.2, 0.25) is 0 Å². The summed E-state index contributed by atoms with van der Waals surface area (Å²) in [6.07, 6.45) is 1.57. The quantitative estimate of drug-likeness (QED) is 0.218. The number of ether oxygens (including phenoxy) is 1. The number of nitrogens with zero attached hydrogens (tertiary/aromatic N) is 1. The highest BCUT2D eigenvalue weighted by Gasteiger charge is 2.13. The zero-order valence-electron chi connectivity index (χ0n) is 18.9. The highest BCUT2D eigenvalue weighted by atomic mass is 79.9. The molecule has 1 N–H and O–H groups in total. The third-order valence-corrected chi connectivity index (χ3v) is 6.23. The number of rotatable bonds is 6. The van der Waals surface area contributed by atoms with E-state index in [0.29, 0.717) is 12.4 Å². The van der Waals surface area contributed by atoms with Crippen LogP contribution in [-0.4, -0.2) is 5.91 Å². The predicted molar refractivity (Wildman–Crippen MR) is 141 cm³/mol. The Morgan fingerprint density at radius 3 is 2.44 bits per heavy atom. The van der Waals surface area contributed by atoms with Gasteiger partial charge in [0.1, 0.15) is 24.0 Å². The lowest BCUT2D eigenvalue weighted by Gasteiger charge is -2.12. The van der Waals surface area contributed by atoms with Gasteiger partial charge in [-0.25, -0.2) is 0 Å². The Labute approximate surface area is 207 Å². The zero-order chi connectivity index (χ0) is 24.1. The first-order valence-electron chi connectivity index (χ1n) is 10.8. The van der Waals surface area contributed by atoms with E-state index in [1.54, 1.807) is 6.08 Å². The van der Waals surface area contributed by atoms with Crippen molar-refractivity contribution >= 4 is 44.4 Å². The van der Waals surface area contributed by atoms with E-state index in [2.05, 4.69) is 45.5 Å². The summed E-state index contributed by atoms with van der Waals surface area (Å²) < 4.78 is 6.80. The molecular formula is C29H23BrN2O2. The van der Waals surface area contributed by atoms with Crippen molar-refractivity contribution in [2.45, 2.75) is 20.5 Å². The number of benzene rings is 4. The van der Waals surface area contributed by atoms with Crippen LogP contribution in [0.3, 0.4) is 0 Å². The first-order chi connectivity index (χ1) is 16.5. The highest BCUT2D eigenvalue weighted by molar-refractivity contribution is 9.10. The van der Waals surface area contributed by atoms with Gasteiger partial charge in [-0.1, -0.05) is 66.7 Å². The second-order valence-electron chi connectivity index (χ2n) is 8.01. The second-order valence-corrected chi connectivity index (χ2v) is 8.86. The van der Waals surface area contributed by atoms with E-state index < -0.39 is 5.91 Å². The fourth-order valence-electron chi connectivity index (χ4n) is 3.81. The molecule has 0 bridgehead atoms. The molecule has 0 unspecified atom stereocenters. The van der Waals surface area contributed by atoms with Crippen LogP contribution >= 0.6 is 15.9 Å². The minimum absolute atomic E-state index is 0.0268. The maximum Gasteiger partial charge on any atom is 0.266 e. The molecule has 4 nitrogen and oxygen atoms in total. The molecule has 4 aromatic carbocycles. The van der Waals surface area contributed by atoms with Gasteiger partial charge in [-0.15, -0.1) is 0 Å². The third-order valence-electron chi connectivity index (χ3n) is 5.61. The van der Waals surface area contributed by atoms with Crippen LogP contribution < -0.4 is 10.1 Å². The molecule has 0 aliphatic rings. The Kier molecular flexibility index (Phi) is 7.10. The summed E-state index contributed by atoms with van der Waals surface area (Å²) in [5.41, 5.74) is 4.47. The maximum absolute atomic E-state index is 12.7. The van der Waals surface area contributed by atoms with Gasteiger partial charge in [0, 0.05) is 5.69 Å². The average molecular weight is 511 g/mol. The summed E-state index contributed by atoms with van der Waals surface area (Å²) in [6, 6.07) is 27.7. The highest BCUT2D eigenvalue weighted by Crippen LogP contribution is 2.29. The molecule has 0 saturated carbocycles. The van der Waals surface area contributed by atoms with Crippen LogP contribution in [0.25, 0.3) is 16.8 Å². The summed E-state index contributed by atoms with van der Waals surface area (Å²) in [4.78, 5) is 12.7. The minimum atomic E-state index is -0.438. The SMILES string of the molecule is Cc1cccc(C)c1NC(=O)/C(C#N)=C/c1ccc(OCc2cccc3ccccc23)c(Br)c1. The summed E-state index contributed by atoms with van der Waals surface area (Å²) >= 11 is 3.55. The topological polar surface area (TPSA) is 62.1 Å². The predicted octanol–water partition coefficient (Wildman–Crippen LogP) is 7.34. The molecule has 4 aromatic rings. The smallest absolute Gasteiger partial charge is 0.266 e. The Bertz CT molecular complexity index is 1420. The molecule has 4 rings (SSSR count). The maximum atomic E-state index is 12.7. The number of carbonyl (C=O) groups is 1. The van der Waals surface area contributed by atoms with Gasteiger partial charge in [0.15, 0.2) is 0 Å². The number of para-hydroxylation sites is 1. The summed E-state index contributed by atoms with van der Waals surface area (Å²) in [6.45, 7) is 4.27. The van der Waals surface area contributed by atoms with Gasteiger partial charge in [-0.2, -0.15) is 5.26 Å². The largest absolute Gasteiger partial charge is 0.488 e. The van der Waals surface area contributed by atoms with Crippen LogP contribution in [0.1, 0.15) is 22.3 Å². The average Bonchev–Trinajstić information content (AvgIpc) is 2.84. The van der Waals surface area contributed by atoms with Crippen molar-refractivity contribution in [3.63, 3.8) is 0 Å². The van der Waals surface area contributed by atoms with Gasteiger partial charge >= 0.3 is 0 Å². The molecule has 0 aromatic heterocycles. The summed E-state index contributed by atoms with van der Waals surface area (Å²) in [5, 5.41) is 14.8. The molecule has 5 heteroatoms. The van der Waals surface area contributed by atoms with Gasteiger partial charge in [0.05, 0.1) is 4.47 Å². The standard InChI is InChI=1S/C29H23BrN2O2/c1-19-7-5-8-20(2)28(19)32-29(33)24(17-31)15-21-13-14-27(26(30)16-21)34-18-23-11-6-10-22-9-3-4-12-25(22)23/h3-16H,18H2,1-2H3,(H,32,33)/b24-15+. The number of halogens is 1. The summed E-state index contributed by atoms with van der Waals surface area (Å²) in [7, 11) is 0. The van der Waals surface area contributed by atoms with E-state index >= 15 is 0 Å². The monoisotopic (exact) mass is 510 g/mol. The molecule has 0 heterocycles. The zero-order valence-corrected chi connectivity index (χ0v) is 20.5. The lowest BCUT2D eigenvalue weighted by molar-refractivity contribution is -0.112. The van der Waals surface area contributed by atoms with Crippen molar-refractivity contribution in [3.05, 3.63) is 111 Å². The van der Waals surface area contributed by atoms with Crippen LogP contribution in [0, 0.1) is 25.2 Å². The fraction of sp³-hybridized carbons (Fsp3) is 0.103. The lowest BCUT2D eigenvalue weighted by Crippen LogP contribution is -2.15. The van der Waals surface area contributed by atoms with Crippen molar-refractivity contribution in [3.8, 4) is 11.8 Å². The third kappa shape index (κ3) is 5.19. The van der Waals surface area contributed by atoms with E-state index in [1.165, 1.54) is 5.39 Å². The fourth-order valence-corrected chi connectivity index (χ4v) is 4.32. The number of hydrogen-bond donors (Lipinski definition) is 1. The molecule has 34 heavy (non-hydrogen) atoms. The Balaban J connectivity index is 1.50. The van der Waals surface area contributed by atoms with E-state index in [9.17, 15) is 10.1 Å². The number of nitrogens with one attached hydrogen (secondary N) is 1. The number of anilines is 1. The minimum Gasteiger partial charge on any atom is -0.488 e. The van der Waals surface area contributed by atoms with Gasteiger partial charge < -0.3 is 10.1 Å². The van der Waals surface area contributed by atoms with Crippen molar-refractivity contribution < 1.29 is 9.53 Å². The van der Waals surface area contributed by atoms with Crippen LogP contribution in [-0.2, 0) is 11.4 Å². The molecule has 0 aliphatic heterocycles. The molecule has 0 fully saturated rings. The first kappa shape index (κ1) is 23.3. The van der Waals surface area contributed by atoms with E-state index in [-0.39, 0.29) is 5.57 Å². The first-order valence-corrected chi connectivity index (χ1v) is 11.6.